The summed E-state index contributed by atoms with van der Waals surface area (Å²) >= 11 is 1.24. The summed E-state index contributed by atoms with van der Waals surface area (Å²) < 4.78 is 32.1. The number of aromatic nitrogens is 1. The number of halogens is 2. The Labute approximate surface area is 169 Å². The van der Waals surface area contributed by atoms with Gasteiger partial charge in [0.25, 0.3) is 5.91 Å². The summed E-state index contributed by atoms with van der Waals surface area (Å²) in [5.41, 5.74) is 0.923. The third-order valence-corrected chi connectivity index (χ3v) is 5.01. The summed E-state index contributed by atoms with van der Waals surface area (Å²) in [7, 11) is 2.92. The van der Waals surface area contributed by atoms with Crippen LogP contribution in [0, 0.1) is 11.6 Å². The molecule has 1 heterocycles. The lowest BCUT2D eigenvalue weighted by atomic mass is 10.1. The molecule has 0 spiro atoms. The highest BCUT2D eigenvalue weighted by Crippen LogP contribution is 2.32. The van der Waals surface area contributed by atoms with Gasteiger partial charge in [-0.1, -0.05) is 18.2 Å². The molecule has 0 aliphatic rings. The molecule has 0 aliphatic heterocycles. The second-order valence-corrected chi connectivity index (χ2v) is 6.79. The van der Waals surface area contributed by atoms with Gasteiger partial charge < -0.3 is 15.4 Å². The van der Waals surface area contributed by atoms with Crippen LogP contribution in [0.15, 0.2) is 47.8 Å². The Morgan fingerprint density at radius 2 is 1.90 bits per heavy atom. The first-order chi connectivity index (χ1) is 13.9. The molecular weight excluding hydrogens is 400 g/mol. The van der Waals surface area contributed by atoms with Crippen molar-refractivity contribution in [1.82, 2.24) is 15.6 Å². The third kappa shape index (κ3) is 4.40. The summed E-state index contributed by atoms with van der Waals surface area (Å²) in [6.45, 7) is 0. The first-order valence-corrected chi connectivity index (χ1v) is 9.39. The number of amides is 2. The van der Waals surface area contributed by atoms with E-state index in [1.165, 1.54) is 31.6 Å². The quantitative estimate of drug-likeness (QED) is 0.645. The molecule has 1 unspecified atom stereocenters. The molecule has 0 fully saturated rings. The van der Waals surface area contributed by atoms with Crippen LogP contribution in [0.2, 0.25) is 0 Å². The Kier molecular flexibility index (Phi) is 6.18. The van der Waals surface area contributed by atoms with Crippen LogP contribution >= 0.6 is 11.3 Å². The Balaban J connectivity index is 1.86. The fourth-order valence-electron chi connectivity index (χ4n) is 2.66. The highest BCUT2D eigenvalue weighted by atomic mass is 32.1. The minimum Gasteiger partial charge on any atom is -0.496 e. The fourth-order valence-corrected chi connectivity index (χ4v) is 3.49. The molecule has 0 bridgehead atoms. The van der Waals surface area contributed by atoms with Crippen LogP contribution in [-0.4, -0.2) is 31.0 Å². The zero-order chi connectivity index (χ0) is 21.0. The van der Waals surface area contributed by atoms with Crippen molar-refractivity contribution in [3.05, 3.63) is 70.7 Å². The Morgan fingerprint density at radius 1 is 1.14 bits per heavy atom. The van der Waals surface area contributed by atoms with Crippen molar-refractivity contribution in [2.45, 2.75) is 6.04 Å². The van der Waals surface area contributed by atoms with E-state index >= 15 is 0 Å². The number of rotatable bonds is 6. The second-order valence-electron chi connectivity index (χ2n) is 5.93. The number of nitrogens with one attached hydrogen (secondary N) is 2. The van der Waals surface area contributed by atoms with Crippen LogP contribution in [0.5, 0.6) is 5.75 Å². The molecule has 29 heavy (non-hydrogen) atoms. The van der Waals surface area contributed by atoms with Crippen molar-refractivity contribution in [2.75, 3.05) is 14.2 Å². The summed E-state index contributed by atoms with van der Waals surface area (Å²) in [6, 6.07) is 9.03. The number of hydrogen-bond acceptors (Lipinski definition) is 5. The van der Waals surface area contributed by atoms with Crippen molar-refractivity contribution >= 4 is 23.2 Å². The Morgan fingerprint density at radius 3 is 2.59 bits per heavy atom. The number of nitrogens with zero attached hydrogens (tertiary/aromatic N) is 1. The number of thiazole rings is 1. The second kappa shape index (κ2) is 8.78. The molecule has 3 aromatic rings. The van der Waals surface area contributed by atoms with E-state index in [1.807, 2.05) is 18.2 Å². The van der Waals surface area contributed by atoms with E-state index in [9.17, 15) is 18.4 Å². The standard InChI is InChI=1S/C20H17F2N3O3S/c1-23-19(27)17(11-7-8-13(21)14(22)9-11)25-18(26)15-10-29-20(24-15)12-5-3-4-6-16(12)28-2/h3-10,17H,1-2H3,(H,23,27)(H,25,26). The number of para-hydroxylation sites is 1. The molecule has 0 radical (unpaired) electrons. The molecule has 1 aromatic heterocycles. The molecule has 9 heteroatoms. The van der Waals surface area contributed by atoms with Gasteiger partial charge in [-0.3, -0.25) is 9.59 Å². The maximum Gasteiger partial charge on any atom is 0.271 e. The average Bonchev–Trinajstić information content (AvgIpc) is 3.23. The maximum absolute atomic E-state index is 13.6. The topological polar surface area (TPSA) is 80.3 Å². The number of methoxy groups -OCH3 is 1. The fraction of sp³-hybridized carbons (Fsp3) is 0.150. The molecular formula is C20H17F2N3O3S. The van der Waals surface area contributed by atoms with Gasteiger partial charge >= 0.3 is 0 Å². The van der Waals surface area contributed by atoms with Crippen molar-refractivity contribution in [3.63, 3.8) is 0 Å². The van der Waals surface area contributed by atoms with Gasteiger partial charge in [-0.15, -0.1) is 11.3 Å². The smallest absolute Gasteiger partial charge is 0.271 e. The third-order valence-electron chi connectivity index (χ3n) is 4.14. The Bertz CT molecular complexity index is 1050. The van der Waals surface area contributed by atoms with Gasteiger partial charge in [-0.25, -0.2) is 13.8 Å². The van der Waals surface area contributed by atoms with E-state index in [0.717, 1.165) is 17.7 Å². The Hall–Kier alpha value is -3.33. The summed E-state index contributed by atoms with van der Waals surface area (Å²) in [5.74, 6) is -2.75. The number of carbonyl (C=O) groups excluding carboxylic acids is 2. The first-order valence-electron chi connectivity index (χ1n) is 8.51. The highest BCUT2D eigenvalue weighted by molar-refractivity contribution is 7.13. The van der Waals surface area contributed by atoms with Crippen LogP contribution in [0.1, 0.15) is 22.1 Å². The minimum atomic E-state index is -1.21. The number of likely N-dealkylation sites (N-methyl/N-ethyl adjacent to an activating group) is 1. The van der Waals surface area contributed by atoms with Gasteiger partial charge in [-0.05, 0) is 29.8 Å². The van der Waals surface area contributed by atoms with Gasteiger partial charge in [0.1, 0.15) is 22.5 Å². The van der Waals surface area contributed by atoms with Crippen LogP contribution < -0.4 is 15.4 Å². The molecule has 2 amide bonds. The van der Waals surface area contributed by atoms with Gasteiger partial charge in [0.2, 0.25) is 5.91 Å². The van der Waals surface area contributed by atoms with Gasteiger partial charge in [-0.2, -0.15) is 0 Å². The number of benzene rings is 2. The predicted molar refractivity (Wildman–Crippen MR) is 105 cm³/mol. The number of hydrogen-bond donors (Lipinski definition) is 2. The lowest BCUT2D eigenvalue weighted by molar-refractivity contribution is -0.122. The molecule has 6 nitrogen and oxygen atoms in total. The van der Waals surface area contributed by atoms with Crippen LogP contribution in [-0.2, 0) is 4.79 Å². The maximum atomic E-state index is 13.6. The van der Waals surface area contributed by atoms with Crippen molar-refractivity contribution in [3.8, 4) is 16.3 Å². The van der Waals surface area contributed by atoms with E-state index in [-0.39, 0.29) is 11.3 Å². The molecule has 0 saturated heterocycles. The minimum absolute atomic E-state index is 0.0902. The number of ether oxygens (including phenoxy) is 1. The predicted octanol–water partition coefficient (Wildman–Crippen LogP) is 3.31. The lowest BCUT2D eigenvalue weighted by Gasteiger charge is -2.17. The van der Waals surface area contributed by atoms with E-state index in [4.69, 9.17) is 4.74 Å². The SMILES string of the molecule is CNC(=O)C(NC(=O)c1csc(-c2ccccc2OC)n1)c1ccc(F)c(F)c1. The zero-order valence-corrected chi connectivity index (χ0v) is 16.3. The number of carbonyl (C=O) groups is 2. The van der Waals surface area contributed by atoms with Crippen molar-refractivity contribution in [1.29, 1.82) is 0 Å². The van der Waals surface area contributed by atoms with E-state index in [2.05, 4.69) is 15.6 Å². The molecule has 0 saturated carbocycles. The average molecular weight is 417 g/mol. The summed E-state index contributed by atoms with van der Waals surface area (Å²) in [5, 5.41) is 7.02. The normalized spacial score (nSPS) is 11.6. The summed E-state index contributed by atoms with van der Waals surface area (Å²) in [6.07, 6.45) is 0. The largest absolute Gasteiger partial charge is 0.496 e. The van der Waals surface area contributed by atoms with Crippen LogP contribution in [0.25, 0.3) is 10.6 Å². The molecule has 3 rings (SSSR count). The van der Waals surface area contributed by atoms with E-state index in [0.29, 0.717) is 10.8 Å². The van der Waals surface area contributed by atoms with Gasteiger partial charge in [0.15, 0.2) is 11.6 Å². The monoisotopic (exact) mass is 417 g/mol. The van der Waals surface area contributed by atoms with Gasteiger partial charge in [0.05, 0.1) is 12.7 Å². The van der Waals surface area contributed by atoms with Crippen molar-refractivity contribution < 1.29 is 23.1 Å². The molecule has 2 N–H and O–H groups in total. The lowest BCUT2D eigenvalue weighted by Crippen LogP contribution is -2.39. The van der Waals surface area contributed by atoms with E-state index < -0.39 is 29.5 Å². The molecule has 2 aromatic carbocycles. The molecule has 1 atom stereocenters. The first kappa shape index (κ1) is 20.4. The van der Waals surface area contributed by atoms with Crippen LogP contribution in [0.4, 0.5) is 8.78 Å². The van der Waals surface area contributed by atoms with Gasteiger partial charge in [0, 0.05) is 12.4 Å². The molecule has 0 aliphatic carbocycles. The van der Waals surface area contributed by atoms with E-state index in [1.54, 1.807) is 11.4 Å². The molecule has 150 valence electrons. The summed E-state index contributed by atoms with van der Waals surface area (Å²) in [4.78, 5) is 29.2. The highest BCUT2D eigenvalue weighted by Gasteiger charge is 2.25. The zero-order valence-electron chi connectivity index (χ0n) is 15.5. The van der Waals surface area contributed by atoms with Crippen LogP contribution in [0.3, 0.4) is 0 Å². The van der Waals surface area contributed by atoms with Crippen molar-refractivity contribution in [2.24, 2.45) is 0 Å².